The second-order valence-corrected chi connectivity index (χ2v) is 9.30. The van der Waals surface area contributed by atoms with Gasteiger partial charge in [-0.05, 0) is 32.3 Å². The maximum atomic E-state index is 12.5. The summed E-state index contributed by atoms with van der Waals surface area (Å²) in [4.78, 5) is 38.8. The van der Waals surface area contributed by atoms with Gasteiger partial charge in [0.05, 0.1) is 18.0 Å². The first-order chi connectivity index (χ1) is 13.3. The largest absolute Gasteiger partial charge is 0.355 e. The van der Waals surface area contributed by atoms with Crippen molar-refractivity contribution in [2.24, 2.45) is 5.92 Å². The van der Waals surface area contributed by atoms with Crippen LogP contribution in [-0.2, 0) is 4.79 Å². The van der Waals surface area contributed by atoms with Crippen LogP contribution < -0.4 is 10.9 Å². The van der Waals surface area contributed by atoms with E-state index in [1.165, 1.54) is 0 Å². The van der Waals surface area contributed by atoms with Gasteiger partial charge in [0.2, 0.25) is 5.91 Å². The zero-order valence-electron chi connectivity index (χ0n) is 17.5. The molecule has 1 aliphatic heterocycles. The summed E-state index contributed by atoms with van der Waals surface area (Å²) in [5, 5.41) is 3.69. The predicted molar refractivity (Wildman–Crippen MR) is 114 cm³/mol. The molecule has 1 fully saturated rings. The molecule has 3 heterocycles. The lowest BCUT2D eigenvalue weighted by Crippen LogP contribution is -2.50. The number of H-pyrrole nitrogens is 1. The number of thiophene rings is 1. The van der Waals surface area contributed by atoms with Crippen molar-refractivity contribution in [2.75, 3.05) is 39.3 Å². The molecule has 7 nitrogen and oxygen atoms in total. The number of aromatic nitrogens is 2. The van der Waals surface area contributed by atoms with Crippen LogP contribution in [0.5, 0.6) is 0 Å². The van der Waals surface area contributed by atoms with Crippen molar-refractivity contribution in [3.05, 3.63) is 26.6 Å². The van der Waals surface area contributed by atoms with Crippen molar-refractivity contribution in [3.63, 3.8) is 0 Å². The molecule has 1 aliphatic rings. The quantitative estimate of drug-likeness (QED) is 0.769. The number of aryl methyl sites for hydroxylation is 2. The van der Waals surface area contributed by atoms with Gasteiger partial charge in [0.25, 0.3) is 5.56 Å². The van der Waals surface area contributed by atoms with Crippen LogP contribution in [0.2, 0.25) is 0 Å². The standard InChI is InChI=1S/C20H31N5O2S/c1-12(2)10-21-16(26)11-24-6-8-25(9-7-24)14(4)18-22-19(27)17-13(3)15(5)28-20(17)23-18/h12,14H,6-11H2,1-5H3,(H,21,26)(H,22,23,27). The van der Waals surface area contributed by atoms with Crippen LogP contribution in [0, 0.1) is 19.8 Å². The zero-order valence-corrected chi connectivity index (χ0v) is 18.3. The SMILES string of the molecule is Cc1sc2nc(C(C)N3CCN(CC(=O)NCC(C)C)CC3)[nH]c(=O)c2c1C. The molecule has 2 N–H and O–H groups in total. The zero-order chi connectivity index (χ0) is 20.4. The summed E-state index contributed by atoms with van der Waals surface area (Å²) >= 11 is 1.58. The van der Waals surface area contributed by atoms with Crippen molar-refractivity contribution in [2.45, 2.75) is 40.7 Å². The Kier molecular flexibility index (Phi) is 6.52. The van der Waals surface area contributed by atoms with Crippen molar-refractivity contribution in [1.29, 1.82) is 0 Å². The van der Waals surface area contributed by atoms with Crippen LogP contribution in [0.4, 0.5) is 0 Å². The van der Waals surface area contributed by atoms with E-state index in [1.54, 1.807) is 11.3 Å². The van der Waals surface area contributed by atoms with E-state index in [9.17, 15) is 9.59 Å². The Morgan fingerprint density at radius 1 is 1.21 bits per heavy atom. The number of amides is 1. The molecule has 0 aliphatic carbocycles. The van der Waals surface area contributed by atoms with Crippen LogP contribution in [0.25, 0.3) is 10.2 Å². The number of nitrogens with one attached hydrogen (secondary N) is 2. The van der Waals surface area contributed by atoms with Crippen molar-refractivity contribution in [3.8, 4) is 0 Å². The molecule has 154 valence electrons. The van der Waals surface area contributed by atoms with Crippen LogP contribution >= 0.6 is 11.3 Å². The molecular weight excluding hydrogens is 374 g/mol. The minimum atomic E-state index is -0.0471. The Labute approximate surface area is 170 Å². The van der Waals surface area contributed by atoms with E-state index >= 15 is 0 Å². The Bertz CT molecular complexity index is 896. The topological polar surface area (TPSA) is 81.3 Å². The van der Waals surface area contributed by atoms with Gasteiger partial charge in [-0.3, -0.25) is 19.4 Å². The molecule has 28 heavy (non-hydrogen) atoms. The lowest BCUT2D eigenvalue weighted by Gasteiger charge is -2.37. The number of carbonyl (C=O) groups is 1. The number of nitrogens with zero attached hydrogens (tertiary/aromatic N) is 3. The van der Waals surface area contributed by atoms with Gasteiger partial charge >= 0.3 is 0 Å². The second-order valence-electron chi connectivity index (χ2n) is 8.10. The van der Waals surface area contributed by atoms with Crippen molar-refractivity contribution >= 4 is 27.5 Å². The molecule has 0 radical (unpaired) electrons. The van der Waals surface area contributed by atoms with Gasteiger partial charge in [-0.25, -0.2) is 4.98 Å². The molecule has 1 atom stereocenters. The fraction of sp³-hybridized carbons (Fsp3) is 0.650. The number of fused-ring (bicyclic) bond motifs is 1. The Balaban J connectivity index is 1.61. The first-order valence-electron chi connectivity index (χ1n) is 9.99. The first kappa shape index (κ1) is 21.0. The van der Waals surface area contributed by atoms with Crippen LogP contribution in [0.3, 0.4) is 0 Å². The van der Waals surface area contributed by atoms with Crippen molar-refractivity contribution < 1.29 is 4.79 Å². The minimum Gasteiger partial charge on any atom is -0.355 e. The van der Waals surface area contributed by atoms with E-state index in [-0.39, 0.29) is 17.5 Å². The molecule has 1 saturated heterocycles. The predicted octanol–water partition coefficient (Wildman–Crippen LogP) is 2.05. The van der Waals surface area contributed by atoms with E-state index < -0.39 is 0 Å². The summed E-state index contributed by atoms with van der Waals surface area (Å²) in [7, 11) is 0. The number of piperazine rings is 1. The molecule has 0 saturated carbocycles. The molecule has 2 aromatic rings. The summed E-state index contributed by atoms with van der Waals surface area (Å²) in [6.07, 6.45) is 0. The number of hydrogen-bond donors (Lipinski definition) is 2. The first-order valence-corrected chi connectivity index (χ1v) is 10.8. The molecule has 0 spiro atoms. The molecular formula is C20H31N5O2S. The summed E-state index contributed by atoms with van der Waals surface area (Å²) in [6, 6.07) is 0.0386. The maximum Gasteiger partial charge on any atom is 0.259 e. The Hall–Kier alpha value is -1.77. The fourth-order valence-corrected chi connectivity index (χ4v) is 4.56. The molecule has 1 amide bonds. The highest BCUT2D eigenvalue weighted by atomic mass is 32.1. The Morgan fingerprint density at radius 2 is 1.89 bits per heavy atom. The van der Waals surface area contributed by atoms with E-state index in [0.717, 1.165) is 59.2 Å². The number of hydrogen-bond acceptors (Lipinski definition) is 6. The van der Waals surface area contributed by atoms with Gasteiger partial charge < -0.3 is 10.3 Å². The van der Waals surface area contributed by atoms with Gasteiger partial charge in [-0.1, -0.05) is 13.8 Å². The monoisotopic (exact) mass is 405 g/mol. The summed E-state index contributed by atoms with van der Waals surface area (Å²) in [5.41, 5.74) is 0.978. The minimum absolute atomic E-state index is 0.0386. The average molecular weight is 406 g/mol. The number of carbonyl (C=O) groups excluding carboxylic acids is 1. The fourth-order valence-electron chi connectivity index (χ4n) is 3.53. The van der Waals surface area contributed by atoms with E-state index in [2.05, 4.69) is 40.9 Å². The molecule has 0 bridgehead atoms. The van der Waals surface area contributed by atoms with Crippen LogP contribution in [-0.4, -0.2) is 64.9 Å². The van der Waals surface area contributed by atoms with E-state index in [1.807, 2.05) is 13.8 Å². The highest BCUT2D eigenvalue weighted by Crippen LogP contribution is 2.27. The third-order valence-electron chi connectivity index (χ3n) is 5.48. The van der Waals surface area contributed by atoms with E-state index in [4.69, 9.17) is 4.98 Å². The third-order valence-corrected chi connectivity index (χ3v) is 6.58. The second kappa shape index (κ2) is 8.71. The van der Waals surface area contributed by atoms with Gasteiger partial charge in [0.1, 0.15) is 10.7 Å². The summed E-state index contributed by atoms with van der Waals surface area (Å²) in [6.45, 7) is 14.8. The van der Waals surface area contributed by atoms with Gasteiger partial charge in [-0.2, -0.15) is 0 Å². The molecule has 2 aromatic heterocycles. The van der Waals surface area contributed by atoms with Crippen LogP contribution in [0.1, 0.15) is 43.1 Å². The van der Waals surface area contributed by atoms with Gasteiger partial charge in [0, 0.05) is 37.6 Å². The third kappa shape index (κ3) is 4.61. The molecule has 0 aromatic carbocycles. The highest BCUT2D eigenvalue weighted by molar-refractivity contribution is 7.18. The molecule has 1 unspecified atom stereocenters. The normalized spacial score (nSPS) is 17.4. The van der Waals surface area contributed by atoms with Crippen molar-refractivity contribution in [1.82, 2.24) is 25.1 Å². The summed E-state index contributed by atoms with van der Waals surface area (Å²) < 4.78 is 0. The number of rotatable bonds is 6. The molecule has 8 heteroatoms. The molecule has 3 rings (SSSR count). The summed E-state index contributed by atoms with van der Waals surface area (Å²) in [5.74, 6) is 1.28. The lowest BCUT2D eigenvalue weighted by molar-refractivity contribution is -0.122. The van der Waals surface area contributed by atoms with Gasteiger partial charge in [-0.15, -0.1) is 11.3 Å². The van der Waals surface area contributed by atoms with E-state index in [0.29, 0.717) is 12.5 Å². The average Bonchev–Trinajstić information content (AvgIpc) is 2.94. The number of aromatic amines is 1. The maximum absolute atomic E-state index is 12.5. The van der Waals surface area contributed by atoms with Gasteiger partial charge in [0.15, 0.2) is 0 Å². The smallest absolute Gasteiger partial charge is 0.259 e. The van der Waals surface area contributed by atoms with Crippen LogP contribution in [0.15, 0.2) is 4.79 Å². The highest BCUT2D eigenvalue weighted by Gasteiger charge is 2.25. The lowest BCUT2D eigenvalue weighted by atomic mass is 10.2. The Morgan fingerprint density at radius 3 is 2.54 bits per heavy atom.